The second-order valence-corrected chi connectivity index (χ2v) is 5.52. The highest BCUT2D eigenvalue weighted by atomic mass is 16.5. The van der Waals surface area contributed by atoms with Gasteiger partial charge in [0, 0.05) is 19.0 Å². The molecule has 1 atom stereocenters. The van der Waals surface area contributed by atoms with Gasteiger partial charge in [0.25, 0.3) is 0 Å². The molecule has 0 aliphatic carbocycles. The van der Waals surface area contributed by atoms with Crippen LogP contribution in [0, 0.1) is 0 Å². The van der Waals surface area contributed by atoms with Crippen LogP contribution in [-0.2, 0) is 6.54 Å². The summed E-state index contributed by atoms with van der Waals surface area (Å²) in [4.78, 5) is 0. The van der Waals surface area contributed by atoms with Crippen molar-refractivity contribution in [2.75, 3.05) is 27.9 Å². The number of ether oxygens (including phenoxy) is 3. The summed E-state index contributed by atoms with van der Waals surface area (Å²) in [5.74, 6) is 2.25. The summed E-state index contributed by atoms with van der Waals surface area (Å²) < 4.78 is 16.1. The molecular weight excluding hydrogens is 294 g/mol. The average molecular weight is 315 g/mol. The van der Waals surface area contributed by atoms with Gasteiger partial charge in [0.05, 0.1) is 21.3 Å². The van der Waals surface area contributed by atoms with Crippen molar-refractivity contribution in [3.05, 3.63) is 47.0 Å². The minimum Gasteiger partial charge on any atom is -0.504 e. The Labute approximate surface area is 135 Å². The summed E-state index contributed by atoms with van der Waals surface area (Å²) >= 11 is 0. The van der Waals surface area contributed by atoms with Gasteiger partial charge in [-0.15, -0.1) is 0 Å². The predicted molar refractivity (Wildman–Crippen MR) is 87.8 cm³/mol. The summed E-state index contributed by atoms with van der Waals surface area (Å²) in [5.41, 5.74) is 3.47. The van der Waals surface area contributed by atoms with E-state index >= 15 is 0 Å². The first-order valence-electron chi connectivity index (χ1n) is 7.50. The molecule has 2 aromatic carbocycles. The van der Waals surface area contributed by atoms with Crippen LogP contribution in [0.2, 0.25) is 0 Å². The van der Waals surface area contributed by atoms with Crippen molar-refractivity contribution in [1.82, 2.24) is 5.32 Å². The number of rotatable bonds is 4. The highest BCUT2D eigenvalue weighted by molar-refractivity contribution is 5.53. The quantitative estimate of drug-likeness (QED) is 0.908. The van der Waals surface area contributed by atoms with Crippen LogP contribution in [0.15, 0.2) is 30.3 Å². The Morgan fingerprint density at radius 1 is 0.957 bits per heavy atom. The third-order valence-corrected chi connectivity index (χ3v) is 4.29. The summed E-state index contributed by atoms with van der Waals surface area (Å²) in [6.45, 7) is 1.61. The fraction of sp³-hybridized carbons (Fsp3) is 0.333. The first-order valence-corrected chi connectivity index (χ1v) is 7.50. The van der Waals surface area contributed by atoms with Crippen molar-refractivity contribution in [2.24, 2.45) is 0 Å². The molecule has 5 nitrogen and oxygen atoms in total. The van der Waals surface area contributed by atoms with E-state index in [1.54, 1.807) is 27.4 Å². The predicted octanol–water partition coefficient (Wildman–Crippen LogP) is 2.65. The number of benzene rings is 2. The van der Waals surface area contributed by atoms with E-state index in [1.165, 1.54) is 11.1 Å². The van der Waals surface area contributed by atoms with E-state index in [9.17, 15) is 5.11 Å². The van der Waals surface area contributed by atoms with Crippen LogP contribution in [0.1, 0.15) is 22.6 Å². The van der Waals surface area contributed by atoms with Crippen molar-refractivity contribution >= 4 is 0 Å². The molecule has 2 N–H and O–H groups in total. The molecule has 3 rings (SSSR count). The molecule has 5 heteroatoms. The van der Waals surface area contributed by atoms with Gasteiger partial charge in [-0.25, -0.2) is 0 Å². The minimum atomic E-state index is 0.146. The van der Waals surface area contributed by atoms with E-state index in [0.29, 0.717) is 5.75 Å². The largest absolute Gasteiger partial charge is 0.504 e. The molecule has 1 aliphatic heterocycles. The van der Waals surface area contributed by atoms with E-state index in [2.05, 4.69) is 5.32 Å². The number of phenolic OH excluding ortho intramolecular Hbond substituents is 1. The van der Waals surface area contributed by atoms with E-state index in [4.69, 9.17) is 14.2 Å². The molecule has 0 bridgehead atoms. The zero-order chi connectivity index (χ0) is 16.4. The maximum atomic E-state index is 9.80. The molecule has 0 radical (unpaired) electrons. The monoisotopic (exact) mass is 315 g/mol. The zero-order valence-electron chi connectivity index (χ0n) is 13.6. The molecule has 23 heavy (non-hydrogen) atoms. The van der Waals surface area contributed by atoms with E-state index in [-0.39, 0.29) is 11.7 Å². The minimum absolute atomic E-state index is 0.146. The summed E-state index contributed by atoms with van der Waals surface area (Å²) in [5, 5.41) is 13.2. The average Bonchev–Trinajstić information content (AvgIpc) is 2.60. The molecule has 0 unspecified atom stereocenters. The zero-order valence-corrected chi connectivity index (χ0v) is 13.6. The van der Waals surface area contributed by atoms with Gasteiger partial charge in [0.2, 0.25) is 0 Å². The molecule has 0 saturated carbocycles. The smallest absolute Gasteiger partial charge is 0.161 e. The molecule has 0 spiro atoms. The Morgan fingerprint density at radius 2 is 1.65 bits per heavy atom. The Morgan fingerprint density at radius 3 is 2.35 bits per heavy atom. The number of phenols is 1. The number of methoxy groups -OCH3 is 3. The Kier molecular flexibility index (Phi) is 4.30. The standard InChI is InChI=1S/C18H21NO4/c1-21-16-6-11(4-5-15(16)20)14-10-19-9-12-7-17(22-2)18(23-3)8-13(12)14/h4-8,14,19-20H,9-10H2,1-3H3/t14-/m1/s1. The normalized spacial score (nSPS) is 16.6. The van der Waals surface area contributed by atoms with Crippen LogP contribution in [0.3, 0.4) is 0 Å². The van der Waals surface area contributed by atoms with Crippen LogP contribution in [0.25, 0.3) is 0 Å². The highest BCUT2D eigenvalue weighted by Crippen LogP contribution is 2.39. The maximum Gasteiger partial charge on any atom is 0.161 e. The molecule has 1 aliphatic rings. The Balaban J connectivity index is 2.07. The van der Waals surface area contributed by atoms with E-state index in [1.807, 2.05) is 24.3 Å². The van der Waals surface area contributed by atoms with Crippen molar-refractivity contribution in [3.63, 3.8) is 0 Å². The number of fused-ring (bicyclic) bond motifs is 1. The van der Waals surface area contributed by atoms with Crippen LogP contribution < -0.4 is 19.5 Å². The lowest BCUT2D eigenvalue weighted by molar-refractivity contribution is 0.353. The summed E-state index contributed by atoms with van der Waals surface area (Å²) in [6, 6.07) is 9.54. The summed E-state index contributed by atoms with van der Waals surface area (Å²) in [7, 11) is 4.84. The van der Waals surface area contributed by atoms with Crippen molar-refractivity contribution in [1.29, 1.82) is 0 Å². The van der Waals surface area contributed by atoms with Crippen LogP contribution >= 0.6 is 0 Å². The molecule has 0 saturated heterocycles. The van der Waals surface area contributed by atoms with E-state index in [0.717, 1.165) is 30.2 Å². The fourth-order valence-corrected chi connectivity index (χ4v) is 3.08. The number of hydrogen-bond acceptors (Lipinski definition) is 5. The molecule has 122 valence electrons. The number of nitrogens with one attached hydrogen (secondary N) is 1. The second kappa shape index (κ2) is 6.38. The van der Waals surface area contributed by atoms with Crippen molar-refractivity contribution < 1.29 is 19.3 Å². The van der Waals surface area contributed by atoms with E-state index < -0.39 is 0 Å². The molecule has 2 aromatic rings. The third-order valence-electron chi connectivity index (χ3n) is 4.29. The second-order valence-electron chi connectivity index (χ2n) is 5.52. The lowest BCUT2D eigenvalue weighted by Gasteiger charge is -2.28. The fourth-order valence-electron chi connectivity index (χ4n) is 3.08. The topological polar surface area (TPSA) is 60.0 Å². The summed E-state index contributed by atoms with van der Waals surface area (Å²) in [6.07, 6.45) is 0. The Bertz CT molecular complexity index is 714. The first kappa shape index (κ1) is 15.5. The van der Waals surface area contributed by atoms with Crippen LogP contribution in [-0.4, -0.2) is 33.0 Å². The van der Waals surface area contributed by atoms with Crippen molar-refractivity contribution in [2.45, 2.75) is 12.5 Å². The number of hydrogen-bond donors (Lipinski definition) is 2. The molecule has 0 fully saturated rings. The Hall–Kier alpha value is -2.40. The van der Waals surface area contributed by atoms with Gasteiger partial charge in [-0.2, -0.15) is 0 Å². The lowest BCUT2D eigenvalue weighted by Crippen LogP contribution is -2.29. The molecular formula is C18H21NO4. The van der Waals surface area contributed by atoms with Gasteiger partial charge in [-0.3, -0.25) is 0 Å². The van der Waals surface area contributed by atoms with Gasteiger partial charge in [0.15, 0.2) is 23.0 Å². The van der Waals surface area contributed by atoms with Gasteiger partial charge >= 0.3 is 0 Å². The van der Waals surface area contributed by atoms with Crippen LogP contribution in [0.4, 0.5) is 0 Å². The first-order chi connectivity index (χ1) is 11.2. The highest BCUT2D eigenvalue weighted by Gasteiger charge is 2.24. The molecule has 0 amide bonds. The third kappa shape index (κ3) is 2.80. The molecule has 1 heterocycles. The number of aromatic hydroxyl groups is 1. The molecule has 0 aromatic heterocycles. The van der Waals surface area contributed by atoms with Gasteiger partial charge in [0.1, 0.15) is 0 Å². The lowest BCUT2D eigenvalue weighted by atomic mass is 9.85. The van der Waals surface area contributed by atoms with Gasteiger partial charge < -0.3 is 24.6 Å². The SMILES string of the molecule is COc1cc([C@H]2CNCc3cc(OC)c(OC)cc32)ccc1O. The maximum absolute atomic E-state index is 9.80. The van der Waals surface area contributed by atoms with Crippen molar-refractivity contribution in [3.8, 4) is 23.0 Å². The van der Waals surface area contributed by atoms with Gasteiger partial charge in [-0.05, 0) is 41.0 Å². The van der Waals surface area contributed by atoms with Crippen LogP contribution in [0.5, 0.6) is 23.0 Å². The van der Waals surface area contributed by atoms with Gasteiger partial charge in [-0.1, -0.05) is 6.07 Å².